The van der Waals surface area contributed by atoms with Crippen molar-refractivity contribution >= 4 is 7.82 Å². The van der Waals surface area contributed by atoms with Crippen LogP contribution in [0.1, 0.15) is 27.2 Å². The highest BCUT2D eigenvalue weighted by Gasteiger charge is 2.34. The third kappa shape index (κ3) is 3.39. The smallest absolute Gasteiger partial charge is 0.287 e. The highest BCUT2D eigenvalue weighted by atomic mass is 31.2. The standard InChI is InChI=1S/C8H17O4P/c1-4-10-13(9)11-6-5-8(2,3)7-12-13/h4-7H2,1-3H3. The monoisotopic (exact) mass is 208 g/mol. The highest BCUT2D eigenvalue weighted by Crippen LogP contribution is 2.52. The summed E-state index contributed by atoms with van der Waals surface area (Å²) in [5.41, 5.74) is 0.0171. The van der Waals surface area contributed by atoms with Gasteiger partial charge in [-0.05, 0) is 18.8 Å². The molecule has 0 saturated carbocycles. The molecule has 1 aliphatic rings. The van der Waals surface area contributed by atoms with Gasteiger partial charge in [-0.3, -0.25) is 13.6 Å². The summed E-state index contributed by atoms with van der Waals surface area (Å²) in [7, 11) is -3.24. The predicted molar refractivity (Wildman–Crippen MR) is 49.5 cm³/mol. The summed E-state index contributed by atoms with van der Waals surface area (Å²) in [6, 6.07) is 0. The van der Waals surface area contributed by atoms with E-state index in [9.17, 15) is 4.57 Å². The first-order chi connectivity index (χ1) is 5.97. The molecule has 4 nitrogen and oxygen atoms in total. The van der Waals surface area contributed by atoms with Gasteiger partial charge in [0.05, 0.1) is 19.8 Å². The van der Waals surface area contributed by atoms with E-state index in [1.807, 2.05) is 0 Å². The molecular weight excluding hydrogens is 191 g/mol. The molecule has 1 rings (SSSR count). The molecule has 1 aliphatic heterocycles. The average Bonchev–Trinajstić information content (AvgIpc) is 2.13. The molecule has 0 N–H and O–H groups in total. The van der Waals surface area contributed by atoms with E-state index in [1.54, 1.807) is 6.92 Å². The molecule has 1 fully saturated rings. The zero-order chi connectivity index (χ0) is 9.95. The maximum absolute atomic E-state index is 11.7. The molecule has 0 aromatic rings. The summed E-state index contributed by atoms with van der Waals surface area (Å²) in [5.74, 6) is 0. The molecule has 0 aromatic heterocycles. The molecule has 0 bridgehead atoms. The zero-order valence-corrected chi connectivity index (χ0v) is 9.30. The number of hydrogen-bond donors (Lipinski definition) is 0. The Kier molecular flexibility index (Phi) is 3.52. The molecule has 0 aliphatic carbocycles. The third-order valence-electron chi connectivity index (χ3n) is 1.93. The van der Waals surface area contributed by atoms with E-state index >= 15 is 0 Å². The van der Waals surface area contributed by atoms with E-state index < -0.39 is 7.82 Å². The van der Waals surface area contributed by atoms with E-state index in [2.05, 4.69) is 13.8 Å². The van der Waals surface area contributed by atoms with Crippen LogP contribution in [0.4, 0.5) is 0 Å². The van der Waals surface area contributed by atoms with Gasteiger partial charge in [0.1, 0.15) is 0 Å². The Morgan fingerprint density at radius 3 is 2.77 bits per heavy atom. The molecule has 13 heavy (non-hydrogen) atoms. The van der Waals surface area contributed by atoms with Crippen LogP contribution in [0.5, 0.6) is 0 Å². The van der Waals surface area contributed by atoms with Crippen molar-refractivity contribution in [2.45, 2.75) is 27.2 Å². The van der Waals surface area contributed by atoms with Gasteiger partial charge in [-0.15, -0.1) is 0 Å². The van der Waals surface area contributed by atoms with Crippen molar-refractivity contribution in [2.75, 3.05) is 19.8 Å². The van der Waals surface area contributed by atoms with Crippen molar-refractivity contribution in [3.05, 3.63) is 0 Å². The Morgan fingerprint density at radius 1 is 1.46 bits per heavy atom. The summed E-state index contributed by atoms with van der Waals surface area (Å²) in [6.45, 7) is 7.07. The molecule has 1 heterocycles. The van der Waals surface area contributed by atoms with Crippen molar-refractivity contribution in [3.63, 3.8) is 0 Å². The van der Waals surface area contributed by atoms with Gasteiger partial charge >= 0.3 is 7.82 Å². The van der Waals surface area contributed by atoms with Crippen LogP contribution in [0.25, 0.3) is 0 Å². The third-order valence-corrected chi connectivity index (χ3v) is 3.45. The van der Waals surface area contributed by atoms with E-state index in [4.69, 9.17) is 13.6 Å². The average molecular weight is 208 g/mol. The van der Waals surface area contributed by atoms with Crippen LogP contribution >= 0.6 is 7.82 Å². The van der Waals surface area contributed by atoms with Crippen molar-refractivity contribution in [1.29, 1.82) is 0 Å². The maximum atomic E-state index is 11.7. The van der Waals surface area contributed by atoms with Crippen molar-refractivity contribution < 1.29 is 18.1 Å². The molecule has 1 atom stereocenters. The molecule has 1 unspecified atom stereocenters. The quantitative estimate of drug-likeness (QED) is 0.654. The van der Waals surface area contributed by atoms with Gasteiger partial charge in [0, 0.05) is 0 Å². The van der Waals surface area contributed by atoms with Crippen LogP contribution in [0, 0.1) is 5.41 Å². The molecule has 0 aromatic carbocycles. The Hall–Kier alpha value is 0.110. The second-order valence-electron chi connectivity index (χ2n) is 3.89. The summed E-state index contributed by atoms with van der Waals surface area (Å²) in [4.78, 5) is 0. The molecule has 5 heteroatoms. The molecular formula is C8H17O4P. The topological polar surface area (TPSA) is 44.8 Å². The van der Waals surface area contributed by atoms with E-state index in [0.717, 1.165) is 6.42 Å². The summed E-state index contributed by atoms with van der Waals surface area (Å²) < 4.78 is 26.9. The molecule has 0 spiro atoms. The van der Waals surface area contributed by atoms with Crippen LogP contribution in [0.2, 0.25) is 0 Å². The largest absolute Gasteiger partial charge is 0.474 e. The lowest BCUT2D eigenvalue weighted by molar-refractivity contribution is 0.123. The number of phosphoric acid groups is 1. The summed E-state index contributed by atoms with van der Waals surface area (Å²) in [6.07, 6.45) is 0.837. The lowest BCUT2D eigenvalue weighted by atomic mass is 9.91. The number of hydrogen-bond acceptors (Lipinski definition) is 4. The highest BCUT2D eigenvalue weighted by molar-refractivity contribution is 7.48. The Bertz CT molecular complexity index is 214. The van der Waals surface area contributed by atoms with Crippen LogP contribution < -0.4 is 0 Å². The number of rotatable bonds is 2. The fourth-order valence-electron chi connectivity index (χ4n) is 1.03. The van der Waals surface area contributed by atoms with Gasteiger partial charge in [0.2, 0.25) is 0 Å². The van der Waals surface area contributed by atoms with Gasteiger partial charge in [0.15, 0.2) is 0 Å². The minimum atomic E-state index is -3.24. The lowest BCUT2D eigenvalue weighted by Crippen LogP contribution is -2.17. The van der Waals surface area contributed by atoms with E-state index in [0.29, 0.717) is 19.8 Å². The van der Waals surface area contributed by atoms with Gasteiger partial charge in [-0.2, -0.15) is 0 Å². The lowest BCUT2D eigenvalue weighted by Gasteiger charge is -2.19. The molecule has 1 saturated heterocycles. The predicted octanol–water partition coefficient (Wildman–Crippen LogP) is 2.59. The van der Waals surface area contributed by atoms with Crippen molar-refractivity contribution in [2.24, 2.45) is 5.41 Å². The van der Waals surface area contributed by atoms with E-state index in [1.165, 1.54) is 0 Å². The first-order valence-electron chi connectivity index (χ1n) is 4.51. The van der Waals surface area contributed by atoms with E-state index in [-0.39, 0.29) is 5.41 Å². The van der Waals surface area contributed by atoms with Crippen LogP contribution in [-0.2, 0) is 18.1 Å². The Morgan fingerprint density at radius 2 is 2.15 bits per heavy atom. The Labute approximate surface area is 79.2 Å². The summed E-state index contributed by atoms with van der Waals surface area (Å²) in [5, 5.41) is 0. The SMILES string of the molecule is CCOP1(=O)OCCC(C)(C)CO1. The van der Waals surface area contributed by atoms with Crippen molar-refractivity contribution in [1.82, 2.24) is 0 Å². The molecule has 0 radical (unpaired) electrons. The van der Waals surface area contributed by atoms with Crippen molar-refractivity contribution in [3.8, 4) is 0 Å². The Balaban J connectivity index is 2.58. The van der Waals surface area contributed by atoms with Crippen LogP contribution in [-0.4, -0.2) is 19.8 Å². The second kappa shape index (κ2) is 4.09. The minimum Gasteiger partial charge on any atom is -0.287 e. The van der Waals surface area contributed by atoms with Gasteiger partial charge < -0.3 is 0 Å². The van der Waals surface area contributed by atoms with Gasteiger partial charge in [-0.1, -0.05) is 13.8 Å². The van der Waals surface area contributed by atoms with Gasteiger partial charge in [-0.25, -0.2) is 4.57 Å². The summed E-state index contributed by atoms with van der Waals surface area (Å²) >= 11 is 0. The first-order valence-corrected chi connectivity index (χ1v) is 5.97. The van der Waals surface area contributed by atoms with Gasteiger partial charge in [0.25, 0.3) is 0 Å². The molecule has 78 valence electrons. The normalized spacial score (nSPS) is 34.1. The van der Waals surface area contributed by atoms with Crippen LogP contribution in [0.3, 0.4) is 0 Å². The zero-order valence-electron chi connectivity index (χ0n) is 8.41. The fraction of sp³-hybridized carbons (Fsp3) is 1.00. The molecule has 0 amide bonds. The maximum Gasteiger partial charge on any atom is 0.474 e. The minimum absolute atomic E-state index is 0.0171. The first kappa shape index (κ1) is 11.2. The van der Waals surface area contributed by atoms with Crippen LogP contribution in [0.15, 0.2) is 0 Å². The number of phosphoric ester groups is 1. The fourth-order valence-corrected chi connectivity index (χ4v) is 2.39. The second-order valence-corrected chi connectivity index (χ2v) is 5.55.